The fourth-order valence-electron chi connectivity index (χ4n) is 7.20. The van der Waals surface area contributed by atoms with Crippen LogP contribution in [0.3, 0.4) is 0 Å². The van der Waals surface area contributed by atoms with E-state index in [4.69, 9.17) is 9.47 Å². The van der Waals surface area contributed by atoms with E-state index in [0.29, 0.717) is 17.8 Å². The molecule has 2 heterocycles. The lowest BCUT2D eigenvalue weighted by molar-refractivity contribution is -0.247. The summed E-state index contributed by atoms with van der Waals surface area (Å²) in [5.41, 5.74) is 1.53. The van der Waals surface area contributed by atoms with Crippen LogP contribution in [-0.2, 0) is 19.1 Å². The summed E-state index contributed by atoms with van der Waals surface area (Å²) in [4.78, 5) is 25.4. The van der Waals surface area contributed by atoms with E-state index >= 15 is 0 Å². The van der Waals surface area contributed by atoms with Crippen molar-refractivity contribution in [2.45, 2.75) is 59.4 Å². The van der Waals surface area contributed by atoms with Gasteiger partial charge in [-0.3, -0.25) is 9.59 Å². The van der Waals surface area contributed by atoms with Crippen molar-refractivity contribution in [1.82, 2.24) is 0 Å². The van der Waals surface area contributed by atoms with Gasteiger partial charge in [0.1, 0.15) is 5.60 Å². The second-order valence-corrected chi connectivity index (χ2v) is 9.94. The summed E-state index contributed by atoms with van der Waals surface area (Å²) in [6.07, 6.45) is 5.68. The van der Waals surface area contributed by atoms with Gasteiger partial charge in [0.05, 0.1) is 5.92 Å². The van der Waals surface area contributed by atoms with E-state index < -0.39 is 17.4 Å². The van der Waals surface area contributed by atoms with Crippen molar-refractivity contribution in [2.24, 2.45) is 40.9 Å². The molecule has 5 rings (SSSR count). The molecule has 1 saturated heterocycles. The highest BCUT2D eigenvalue weighted by Gasteiger charge is 2.79. The third kappa shape index (κ3) is 1.58. The molecule has 0 aromatic carbocycles. The van der Waals surface area contributed by atoms with Crippen LogP contribution in [-0.4, -0.2) is 23.1 Å². The Bertz CT molecular complexity index is 805. The van der Waals surface area contributed by atoms with Gasteiger partial charge in [-0.15, -0.1) is 0 Å². The maximum absolute atomic E-state index is 13.6. The normalized spacial score (nSPS) is 52.5. The van der Waals surface area contributed by atoms with Crippen LogP contribution in [0.2, 0.25) is 0 Å². The molecule has 0 radical (unpaired) electrons. The van der Waals surface area contributed by atoms with E-state index in [9.17, 15) is 9.59 Å². The second-order valence-electron chi connectivity index (χ2n) is 9.94. The summed E-state index contributed by atoms with van der Waals surface area (Å²) < 4.78 is 12.3. The molecule has 0 aromatic heterocycles. The van der Waals surface area contributed by atoms with E-state index in [2.05, 4.69) is 32.9 Å². The summed E-state index contributed by atoms with van der Waals surface area (Å²) in [6, 6.07) is 0. The molecule has 2 aliphatic heterocycles. The Morgan fingerprint density at radius 1 is 1.23 bits per heavy atom. The summed E-state index contributed by atoms with van der Waals surface area (Å²) >= 11 is 0. The number of hydrogen-bond donors (Lipinski definition) is 0. The molecule has 4 nitrogen and oxygen atoms in total. The number of carbonyl (C=O) groups is 2. The minimum atomic E-state index is -1.51. The summed E-state index contributed by atoms with van der Waals surface area (Å²) in [5, 5.41) is 0. The Morgan fingerprint density at radius 2 is 1.92 bits per heavy atom. The number of rotatable bonds is 1. The second kappa shape index (κ2) is 4.52. The lowest BCUT2D eigenvalue weighted by Gasteiger charge is -2.47. The molecule has 0 N–H and O–H groups in total. The van der Waals surface area contributed by atoms with Gasteiger partial charge in [-0.05, 0) is 43.4 Å². The molecule has 2 bridgehead atoms. The first-order valence-corrected chi connectivity index (χ1v) is 9.88. The molecule has 4 heteroatoms. The lowest BCUT2D eigenvalue weighted by atomic mass is 9.67. The minimum absolute atomic E-state index is 0.0793. The molecule has 3 aliphatic carbocycles. The molecule has 5 aliphatic rings. The Kier molecular flexibility index (Phi) is 2.91. The van der Waals surface area contributed by atoms with Gasteiger partial charge in [0.2, 0.25) is 5.78 Å². The van der Waals surface area contributed by atoms with Gasteiger partial charge in [-0.1, -0.05) is 38.5 Å². The average Bonchev–Trinajstić information content (AvgIpc) is 2.85. The fraction of sp³-hybridized carbons (Fsp3) is 0.727. The quantitative estimate of drug-likeness (QED) is 0.531. The van der Waals surface area contributed by atoms with Crippen LogP contribution in [0.5, 0.6) is 0 Å². The zero-order chi connectivity index (χ0) is 18.8. The van der Waals surface area contributed by atoms with Crippen molar-refractivity contribution in [1.29, 1.82) is 0 Å². The number of ether oxygens (including phenoxy) is 2. The van der Waals surface area contributed by atoms with Crippen molar-refractivity contribution in [2.75, 3.05) is 0 Å². The first kappa shape index (κ1) is 16.7. The maximum Gasteiger partial charge on any atom is 0.305 e. The molecule has 2 saturated carbocycles. The molecule has 1 spiro atoms. The number of Topliss-reactive ketones (excluding diaryl/α,β-unsaturated/α-hetero) is 1. The Labute approximate surface area is 155 Å². The van der Waals surface area contributed by atoms with Gasteiger partial charge in [-0.2, -0.15) is 0 Å². The van der Waals surface area contributed by atoms with Crippen LogP contribution < -0.4 is 0 Å². The summed E-state index contributed by atoms with van der Waals surface area (Å²) in [5.74, 6) is -0.327. The van der Waals surface area contributed by atoms with Crippen LogP contribution >= 0.6 is 0 Å². The van der Waals surface area contributed by atoms with Gasteiger partial charge in [0.25, 0.3) is 5.79 Å². The van der Waals surface area contributed by atoms with Gasteiger partial charge in [-0.25, -0.2) is 0 Å². The molecule has 0 amide bonds. The van der Waals surface area contributed by atoms with E-state index in [0.717, 1.165) is 11.1 Å². The first-order chi connectivity index (χ1) is 12.1. The van der Waals surface area contributed by atoms with Crippen molar-refractivity contribution >= 4 is 11.8 Å². The van der Waals surface area contributed by atoms with E-state index in [1.54, 1.807) is 0 Å². The Morgan fingerprint density at radius 3 is 2.58 bits per heavy atom. The number of ketones is 1. The van der Waals surface area contributed by atoms with E-state index in [-0.39, 0.29) is 29.0 Å². The highest BCUT2D eigenvalue weighted by atomic mass is 16.7. The standard InChI is InChI=1S/C22H28O4/c1-10-7-15-18(20(15,5)6)16-9-12(3)22(25-13(4)23)19(24)17-11(2)8-14(10)21(16,17)26-22/h8-10,14-18H,7H2,1-6H3/t10-,14+,15-,16+,17+,18-,21-,22+/m1/s1. The monoisotopic (exact) mass is 356 g/mol. The lowest BCUT2D eigenvalue weighted by Crippen LogP contribution is -2.54. The smallest absolute Gasteiger partial charge is 0.305 e. The topological polar surface area (TPSA) is 52.6 Å². The van der Waals surface area contributed by atoms with Crippen molar-refractivity contribution in [3.05, 3.63) is 23.3 Å². The van der Waals surface area contributed by atoms with E-state index in [1.807, 2.05) is 13.8 Å². The first-order valence-electron chi connectivity index (χ1n) is 9.88. The summed E-state index contributed by atoms with van der Waals surface area (Å²) in [7, 11) is 0. The average molecular weight is 356 g/mol. The SMILES string of the molecule is CC(=O)O[C@@]12O[C@]34[C@H](C1=O)C(C)=C[C@H]3[C@H](C)C[C@@H]1[C@H]([C@@H]4C=C2C)C1(C)C. The zero-order valence-corrected chi connectivity index (χ0v) is 16.5. The van der Waals surface area contributed by atoms with Crippen LogP contribution in [0.1, 0.15) is 48.0 Å². The third-order valence-corrected chi connectivity index (χ3v) is 8.30. The van der Waals surface area contributed by atoms with Crippen molar-refractivity contribution in [3.63, 3.8) is 0 Å². The van der Waals surface area contributed by atoms with Gasteiger partial charge >= 0.3 is 5.97 Å². The maximum atomic E-state index is 13.6. The number of esters is 1. The van der Waals surface area contributed by atoms with Gasteiger partial charge < -0.3 is 9.47 Å². The van der Waals surface area contributed by atoms with Crippen molar-refractivity contribution < 1.29 is 19.1 Å². The number of carbonyl (C=O) groups excluding carboxylic acids is 2. The predicted molar refractivity (Wildman–Crippen MR) is 95.8 cm³/mol. The number of hydrogen-bond acceptors (Lipinski definition) is 4. The molecule has 26 heavy (non-hydrogen) atoms. The minimum Gasteiger partial charge on any atom is -0.421 e. The highest BCUT2D eigenvalue weighted by molar-refractivity contribution is 5.99. The number of fused-ring (bicyclic) bond motifs is 3. The fourth-order valence-corrected chi connectivity index (χ4v) is 7.20. The van der Waals surface area contributed by atoms with Crippen LogP contribution in [0.4, 0.5) is 0 Å². The van der Waals surface area contributed by atoms with Crippen molar-refractivity contribution in [3.8, 4) is 0 Å². The molecule has 3 fully saturated rings. The molecule has 140 valence electrons. The van der Waals surface area contributed by atoms with E-state index in [1.165, 1.54) is 13.3 Å². The molecular weight excluding hydrogens is 328 g/mol. The zero-order valence-electron chi connectivity index (χ0n) is 16.5. The largest absolute Gasteiger partial charge is 0.421 e. The van der Waals surface area contributed by atoms with Crippen LogP contribution in [0.15, 0.2) is 23.3 Å². The predicted octanol–water partition coefficient (Wildman–Crippen LogP) is 3.66. The molecule has 8 atom stereocenters. The third-order valence-electron chi connectivity index (χ3n) is 8.30. The Balaban J connectivity index is 1.75. The molecule has 0 unspecified atom stereocenters. The molecule has 0 aromatic rings. The molecular formula is C22H28O4. The Hall–Kier alpha value is -1.42. The van der Waals surface area contributed by atoms with Crippen LogP contribution in [0, 0.1) is 40.9 Å². The highest BCUT2D eigenvalue weighted by Crippen LogP contribution is 2.75. The van der Waals surface area contributed by atoms with Crippen LogP contribution in [0.25, 0.3) is 0 Å². The van der Waals surface area contributed by atoms with Gasteiger partial charge in [0.15, 0.2) is 0 Å². The van der Waals surface area contributed by atoms with Gasteiger partial charge in [0, 0.05) is 24.3 Å². The summed E-state index contributed by atoms with van der Waals surface area (Å²) in [6.45, 7) is 12.3.